The number of aliphatic imine (C=N–C) groups is 1. The lowest BCUT2D eigenvalue weighted by atomic mass is 10.1. The molecule has 0 saturated carbocycles. The third-order valence-electron chi connectivity index (χ3n) is 5.31. The maximum absolute atomic E-state index is 5.95. The molecule has 0 aliphatic carbocycles. The van der Waals surface area contributed by atoms with Gasteiger partial charge in [-0.25, -0.2) is 4.98 Å². The monoisotopic (exact) mass is 396 g/mol. The number of likely N-dealkylation sites (tertiary alicyclic amines) is 1. The second-order valence-corrected chi connectivity index (χ2v) is 7.39. The molecule has 0 unspecified atom stereocenters. The number of hydrogen-bond acceptors (Lipinski definition) is 4. The first-order valence-electron chi connectivity index (χ1n) is 10.4. The average molecular weight is 397 g/mol. The first-order valence-corrected chi connectivity index (χ1v) is 10.4. The van der Waals surface area contributed by atoms with Crippen molar-refractivity contribution in [3.8, 4) is 11.6 Å². The normalized spacial score (nSPS) is 15.4. The van der Waals surface area contributed by atoms with Crippen LogP contribution in [0.5, 0.6) is 11.6 Å². The number of nitrogens with one attached hydrogen (secondary N) is 1. The number of aromatic nitrogens is 1. The highest BCUT2D eigenvalue weighted by atomic mass is 16.5. The van der Waals surface area contributed by atoms with Gasteiger partial charge in [-0.1, -0.05) is 6.07 Å². The van der Waals surface area contributed by atoms with E-state index in [1.807, 2.05) is 31.3 Å². The molecule has 6 heteroatoms. The number of nitrogens with zero attached hydrogens (tertiary/aromatic N) is 3. The summed E-state index contributed by atoms with van der Waals surface area (Å²) in [5, 5.41) is 3.46. The molecule has 0 atom stereocenters. The topological polar surface area (TPSA) is 59.0 Å². The predicted molar refractivity (Wildman–Crippen MR) is 117 cm³/mol. The Morgan fingerprint density at radius 2 is 1.97 bits per heavy atom. The van der Waals surface area contributed by atoms with Crippen molar-refractivity contribution in [2.45, 2.75) is 46.3 Å². The lowest BCUT2D eigenvalue weighted by Gasteiger charge is -2.34. The van der Waals surface area contributed by atoms with Crippen LogP contribution in [0.15, 0.2) is 41.5 Å². The molecule has 1 fully saturated rings. The molecule has 6 nitrogen and oxygen atoms in total. The number of piperidine rings is 1. The smallest absolute Gasteiger partial charge is 0.219 e. The van der Waals surface area contributed by atoms with Gasteiger partial charge in [0.05, 0.1) is 6.10 Å². The summed E-state index contributed by atoms with van der Waals surface area (Å²) in [6, 6.07) is 10.0. The molecule has 1 aliphatic rings. The van der Waals surface area contributed by atoms with Crippen molar-refractivity contribution in [1.82, 2.24) is 15.2 Å². The van der Waals surface area contributed by atoms with Crippen molar-refractivity contribution in [2.75, 3.05) is 26.7 Å². The van der Waals surface area contributed by atoms with E-state index in [0.29, 0.717) is 18.5 Å². The SMILES string of the molecule is CCOC1CCN(C(=NC)NCc2ccnc(Oc3ccc(C)c(C)c3)c2)CC1. The third-order valence-corrected chi connectivity index (χ3v) is 5.31. The summed E-state index contributed by atoms with van der Waals surface area (Å²) >= 11 is 0. The van der Waals surface area contributed by atoms with Gasteiger partial charge >= 0.3 is 0 Å². The standard InChI is InChI=1S/C23H32N4O2/c1-5-28-20-9-12-27(13-10-20)23(24-4)26-16-19-8-11-25-22(15-19)29-21-7-6-17(2)18(3)14-21/h6-8,11,14-15,20H,5,9-10,12-13,16H2,1-4H3,(H,24,26). The van der Waals surface area contributed by atoms with Crippen LogP contribution < -0.4 is 10.1 Å². The van der Waals surface area contributed by atoms with Crippen molar-refractivity contribution in [3.63, 3.8) is 0 Å². The Kier molecular flexibility index (Phi) is 7.47. The largest absolute Gasteiger partial charge is 0.439 e. The highest BCUT2D eigenvalue weighted by molar-refractivity contribution is 5.80. The summed E-state index contributed by atoms with van der Waals surface area (Å²) < 4.78 is 11.7. The molecule has 3 rings (SSSR count). The summed E-state index contributed by atoms with van der Waals surface area (Å²) in [4.78, 5) is 11.1. The van der Waals surface area contributed by atoms with Crippen molar-refractivity contribution in [1.29, 1.82) is 0 Å². The maximum atomic E-state index is 5.95. The van der Waals surface area contributed by atoms with Crippen LogP contribution in [-0.2, 0) is 11.3 Å². The quantitative estimate of drug-likeness (QED) is 0.589. The van der Waals surface area contributed by atoms with Gasteiger partial charge in [0, 0.05) is 45.6 Å². The van der Waals surface area contributed by atoms with Gasteiger partial charge in [-0.3, -0.25) is 4.99 Å². The van der Waals surface area contributed by atoms with E-state index in [2.05, 4.69) is 47.0 Å². The second-order valence-electron chi connectivity index (χ2n) is 7.39. The van der Waals surface area contributed by atoms with Gasteiger partial charge in [0.25, 0.3) is 0 Å². The number of hydrogen-bond donors (Lipinski definition) is 1. The summed E-state index contributed by atoms with van der Waals surface area (Å²) in [5.41, 5.74) is 3.56. The Morgan fingerprint density at radius 3 is 2.66 bits per heavy atom. The van der Waals surface area contributed by atoms with Crippen LogP contribution >= 0.6 is 0 Å². The summed E-state index contributed by atoms with van der Waals surface area (Å²) in [6.07, 6.45) is 4.24. The van der Waals surface area contributed by atoms with E-state index >= 15 is 0 Å². The Bertz CT molecular complexity index is 829. The molecular formula is C23H32N4O2. The molecule has 2 heterocycles. The minimum atomic E-state index is 0.375. The molecule has 0 bridgehead atoms. The molecule has 0 amide bonds. The Balaban J connectivity index is 1.56. The molecule has 1 aliphatic heterocycles. The van der Waals surface area contributed by atoms with Crippen molar-refractivity contribution >= 4 is 5.96 Å². The van der Waals surface area contributed by atoms with Gasteiger partial charge in [-0.05, 0) is 68.5 Å². The molecule has 1 N–H and O–H groups in total. The fourth-order valence-electron chi connectivity index (χ4n) is 3.50. The predicted octanol–water partition coefficient (Wildman–Crippen LogP) is 4.07. The van der Waals surface area contributed by atoms with Crippen molar-refractivity contribution in [3.05, 3.63) is 53.2 Å². The van der Waals surface area contributed by atoms with Gasteiger partial charge in [-0.15, -0.1) is 0 Å². The van der Waals surface area contributed by atoms with Crippen LogP contribution in [0.4, 0.5) is 0 Å². The maximum Gasteiger partial charge on any atom is 0.219 e. The van der Waals surface area contributed by atoms with Gasteiger partial charge in [0.2, 0.25) is 5.88 Å². The molecular weight excluding hydrogens is 364 g/mol. The summed E-state index contributed by atoms with van der Waals surface area (Å²) in [5.74, 6) is 2.33. The van der Waals surface area contributed by atoms with Crippen molar-refractivity contribution < 1.29 is 9.47 Å². The molecule has 1 aromatic carbocycles. The Hall–Kier alpha value is -2.60. The van der Waals surface area contributed by atoms with E-state index in [-0.39, 0.29) is 0 Å². The fourth-order valence-corrected chi connectivity index (χ4v) is 3.50. The zero-order valence-corrected chi connectivity index (χ0v) is 17.9. The molecule has 156 valence electrons. The minimum absolute atomic E-state index is 0.375. The molecule has 0 spiro atoms. The summed E-state index contributed by atoms with van der Waals surface area (Å²) in [6.45, 7) is 9.61. The zero-order valence-electron chi connectivity index (χ0n) is 17.9. The van der Waals surface area contributed by atoms with E-state index in [0.717, 1.165) is 49.8 Å². The van der Waals surface area contributed by atoms with Gasteiger partial charge < -0.3 is 19.7 Å². The second kappa shape index (κ2) is 10.3. The number of rotatable bonds is 6. The van der Waals surface area contributed by atoms with E-state index in [1.165, 1.54) is 11.1 Å². The number of guanidine groups is 1. The number of aryl methyl sites for hydroxylation is 2. The first kappa shape index (κ1) is 21.1. The molecule has 0 radical (unpaired) electrons. The zero-order chi connectivity index (χ0) is 20.6. The first-order chi connectivity index (χ1) is 14.1. The van der Waals surface area contributed by atoms with E-state index in [4.69, 9.17) is 9.47 Å². The van der Waals surface area contributed by atoms with Crippen LogP contribution in [0.3, 0.4) is 0 Å². The van der Waals surface area contributed by atoms with E-state index < -0.39 is 0 Å². The lowest BCUT2D eigenvalue weighted by molar-refractivity contribution is 0.0263. The molecule has 1 saturated heterocycles. The fraction of sp³-hybridized carbons (Fsp3) is 0.478. The van der Waals surface area contributed by atoms with Crippen molar-refractivity contribution in [2.24, 2.45) is 4.99 Å². The van der Waals surface area contributed by atoms with Crippen LogP contribution in [0.25, 0.3) is 0 Å². The minimum Gasteiger partial charge on any atom is -0.439 e. The summed E-state index contributed by atoms with van der Waals surface area (Å²) in [7, 11) is 1.83. The van der Waals surface area contributed by atoms with Crippen LogP contribution in [0.1, 0.15) is 36.5 Å². The Labute approximate surface area is 174 Å². The Morgan fingerprint density at radius 1 is 1.17 bits per heavy atom. The average Bonchev–Trinajstić information content (AvgIpc) is 2.73. The lowest BCUT2D eigenvalue weighted by Crippen LogP contribution is -2.46. The molecule has 2 aromatic rings. The number of ether oxygens (including phenoxy) is 2. The highest BCUT2D eigenvalue weighted by Crippen LogP contribution is 2.22. The van der Waals surface area contributed by atoms with Gasteiger partial charge in [-0.2, -0.15) is 0 Å². The third kappa shape index (κ3) is 5.94. The van der Waals surface area contributed by atoms with E-state index in [1.54, 1.807) is 6.20 Å². The highest BCUT2D eigenvalue weighted by Gasteiger charge is 2.21. The van der Waals surface area contributed by atoms with Crippen LogP contribution in [0, 0.1) is 13.8 Å². The van der Waals surface area contributed by atoms with Gasteiger partial charge in [0.1, 0.15) is 5.75 Å². The van der Waals surface area contributed by atoms with E-state index in [9.17, 15) is 0 Å². The van der Waals surface area contributed by atoms with Crippen LogP contribution in [-0.4, -0.2) is 48.7 Å². The number of pyridine rings is 1. The van der Waals surface area contributed by atoms with Gasteiger partial charge in [0.15, 0.2) is 5.96 Å². The molecule has 1 aromatic heterocycles. The molecule has 29 heavy (non-hydrogen) atoms. The van der Waals surface area contributed by atoms with Crippen LogP contribution in [0.2, 0.25) is 0 Å². The number of benzene rings is 1.